The van der Waals surface area contributed by atoms with Gasteiger partial charge in [-0.15, -0.1) is 0 Å². The maximum absolute atomic E-state index is 12.0. The summed E-state index contributed by atoms with van der Waals surface area (Å²) in [7, 11) is 0. The first-order valence-corrected chi connectivity index (χ1v) is 6.54. The lowest BCUT2D eigenvalue weighted by molar-refractivity contribution is 0.0522. The molecule has 0 fully saturated rings. The summed E-state index contributed by atoms with van der Waals surface area (Å²) < 4.78 is 10.6. The number of nitrogens with zero attached hydrogens (tertiary/aromatic N) is 1. The summed E-state index contributed by atoms with van der Waals surface area (Å²) in [5.74, 6) is -0.0585. The van der Waals surface area contributed by atoms with Gasteiger partial charge >= 0.3 is 5.97 Å². The molecule has 2 aromatic rings. The van der Waals surface area contributed by atoms with Crippen LogP contribution in [-0.2, 0) is 4.74 Å². The van der Waals surface area contributed by atoms with Crippen LogP contribution >= 0.6 is 11.6 Å². The number of benzene rings is 1. The number of carbonyl (C=O) groups excluding carboxylic acids is 1. The van der Waals surface area contributed by atoms with Crippen molar-refractivity contribution in [1.82, 2.24) is 4.98 Å². The van der Waals surface area contributed by atoms with Crippen molar-refractivity contribution in [2.75, 3.05) is 13.2 Å². The number of hydrogen-bond acceptors (Lipinski definition) is 4. The molecule has 2 rings (SSSR count). The van der Waals surface area contributed by atoms with Gasteiger partial charge in [-0.05, 0) is 25.1 Å². The van der Waals surface area contributed by atoms with Crippen LogP contribution in [0.25, 0.3) is 10.9 Å². The lowest BCUT2D eigenvalue weighted by Crippen LogP contribution is -2.09. The molecule has 0 atom stereocenters. The first-order chi connectivity index (χ1) is 9.67. The average Bonchev–Trinajstić information content (AvgIpc) is 2.44. The fraction of sp³-hybridized carbons (Fsp3) is 0.200. The largest absolute Gasteiger partial charge is 0.488 e. The fourth-order valence-electron chi connectivity index (χ4n) is 1.79. The van der Waals surface area contributed by atoms with Crippen molar-refractivity contribution in [3.05, 3.63) is 47.6 Å². The molecule has 1 aromatic carbocycles. The number of halogens is 1. The van der Waals surface area contributed by atoms with E-state index in [1.54, 1.807) is 31.2 Å². The molecule has 0 aliphatic carbocycles. The third-order valence-electron chi connectivity index (χ3n) is 2.62. The van der Waals surface area contributed by atoms with E-state index in [0.29, 0.717) is 21.7 Å². The second kappa shape index (κ2) is 6.39. The highest BCUT2D eigenvalue weighted by molar-refractivity contribution is 6.31. The van der Waals surface area contributed by atoms with Gasteiger partial charge in [0.15, 0.2) is 0 Å². The van der Waals surface area contributed by atoms with Crippen LogP contribution in [-0.4, -0.2) is 24.2 Å². The van der Waals surface area contributed by atoms with Crippen LogP contribution in [0.5, 0.6) is 5.75 Å². The Morgan fingerprint density at radius 1 is 1.50 bits per heavy atom. The molecule has 104 valence electrons. The third kappa shape index (κ3) is 2.91. The highest BCUT2D eigenvalue weighted by Gasteiger charge is 2.18. The summed E-state index contributed by atoms with van der Waals surface area (Å²) >= 11 is 6.00. The second-order valence-electron chi connectivity index (χ2n) is 3.98. The quantitative estimate of drug-likeness (QED) is 0.623. The molecule has 0 amide bonds. The zero-order valence-corrected chi connectivity index (χ0v) is 11.8. The van der Waals surface area contributed by atoms with Crippen LogP contribution < -0.4 is 4.74 Å². The molecule has 0 bridgehead atoms. The topological polar surface area (TPSA) is 48.4 Å². The van der Waals surface area contributed by atoms with Gasteiger partial charge < -0.3 is 9.47 Å². The van der Waals surface area contributed by atoms with Gasteiger partial charge in [0.2, 0.25) is 0 Å². The molecule has 4 nitrogen and oxygen atoms in total. The summed E-state index contributed by atoms with van der Waals surface area (Å²) in [6.07, 6.45) is 3.05. The maximum atomic E-state index is 12.0. The lowest BCUT2D eigenvalue weighted by atomic mass is 10.1. The van der Waals surface area contributed by atoms with Gasteiger partial charge in [-0.3, -0.25) is 4.98 Å². The number of fused-ring (bicyclic) bond motifs is 1. The van der Waals surface area contributed by atoms with Crippen LogP contribution in [0, 0.1) is 0 Å². The van der Waals surface area contributed by atoms with Gasteiger partial charge in [0.05, 0.1) is 12.1 Å². The summed E-state index contributed by atoms with van der Waals surface area (Å²) in [6.45, 7) is 5.91. The van der Waals surface area contributed by atoms with Gasteiger partial charge in [0, 0.05) is 16.6 Å². The van der Waals surface area contributed by atoms with E-state index < -0.39 is 5.97 Å². The van der Waals surface area contributed by atoms with E-state index in [4.69, 9.17) is 21.1 Å². The Bertz CT molecular complexity index is 655. The van der Waals surface area contributed by atoms with Crippen molar-refractivity contribution in [2.24, 2.45) is 0 Å². The average molecular weight is 292 g/mol. The third-order valence-corrected chi connectivity index (χ3v) is 2.86. The summed E-state index contributed by atoms with van der Waals surface area (Å²) in [5.41, 5.74) is 0.977. The number of rotatable bonds is 5. The van der Waals surface area contributed by atoms with Crippen molar-refractivity contribution >= 4 is 28.5 Å². The van der Waals surface area contributed by atoms with Crippen molar-refractivity contribution < 1.29 is 14.3 Å². The van der Waals surface area contributed by atoms with E-state index in [1.807, 2.05) is 0 Å². The molecule has 1 aromatic heterocycles. The van der Waals surface area contributed by atoms with Crippen molar-refractivity contribution in [2.45, 2.75) is 6.92 Å². The van der Waals surface area contributed by atoms with E-state index in [9.17, 15) is 4.79 Å². The Balaban J connectivity index is 2.61. The SMILES string of the molecule is C=CCOc1c(C(=O)OCC)cnc2ccc(Cl)cc12. The Hall–Kier alpha value is -2.07. The van der Waals surface area contributed by atoms with Gasteiger partial charge in [0.25, 0.3) is 0 Å². The Morgan fingerprint density at radius 3 is 3.00 bits per heavy atom. The predicted octanol–water partition coefficient (Wildman–Crippen LogP) is 3.63. The molecule has 0 aliphatic heterocycles. The number of ether oxygens (including phenoxy) is 2. The molecule has 0 unspecified atom stereocenters. The molecule has 1 heterocycles. The minimum Gasteiger partial charge on any atom is -0.488 e. The van der Waals surface area contributed by atoms with E-state index >= 15 is 0 Å². The van der Waals surface area contributed by atoms with Crippen molar-refractivity contribution in [3.8, 4) is 5.75 Å². The zero-order chi connectivity index (χ0) is 14.5. The molecule has 5 heteroatoms. The second-order valence-corrected chi connectivity index (χ2v) is 4.42. The number of hydrogen-bond donors (Lipinski definition) is 0. The Kier molecular flexibility index (Phi) is 4.58. The Labute approximate surface area is 122 Å². The van der Waals surface area contributed by atoms with E-state index in [2.05, 4.69) is 11.6 Å². The highest BCUT2D eigenvalue weighted by atomic mass is 35.5. The van der Waals surface area contributed by atoms with Crippen LogP contribution in [0.4, 0.5) is 0 Å². The van der Waals surface area contributed by atoms with Crippen LogP contribution in [0.2, 0.25) is 5.02 Å². The van der Waals surface area contributed by atoms with Crippen LogP contribution in [0.1, 0.15) is 17.3 Å². The van der Waals surface area contributed by atoms with E-state index in [1.165, 1.54) is 6.20 Å². The summed E-state index contributed by atoms with van der Waals surface area (Å²) in [5, 5.41) is 1.22. The number of aromatic nitrogens is 1. The van der Waals surface area contributed by atoms with Crippen molar-refractivity contribution in [1.29, 1.82) is 0 Å². The molecule has 0 aliphatic rings. The Morgan fingerprint density at radius 2 is 2.30 bits per heavy atom. The first-order valence-electron chi connectivity index (χ1n) is 6.16. The molecule has 0 saturated carbocycles. The minimum atomic E-state index is -0.471. The van der Waals surface area contributed by atoms with Gasteiger partial charge in [-0.2, -0.15) is 0 Å². The van der Waals surface area contributed by atoms with Crippen LogP contribution in [0.3, 0.4) is 0 Å². The van der Waals surface area contributed by atoms with Crippen molar-refractivity contribution in [3.63, 3.8) is 0 Å². The maximum Gasteiger partial charge on any atom is 0.343 e. The summed E-state index contributed by atoms with van der Waals surface area (Å²) in [6, 6.07) is 5.22. The predicted molar refractivity (Wildman–Crippen MR) is 78.4 cm³/mol. The molecule has 0 N–H and O–H groups in total. The smallest absolute Gasteiger partial charge is 0.343 e. The summed E-state index contributed by atoms with van der Waals surface area (Å²) in [4.78, 5) is 16.2. The van der Waals surface area contributed by atoms with Gasteiger partial charge in [0.1, 0.15) is 17.9 Å². The zero-order valence-electron chi connectivity index (χ0n) is 11.1. The first kappa shape index (κ1) is 14.3. The molecule has 0 radical (unpaired) electrons. The fourth-order valence-corrected chi connectivity index (χ4v) is 1.96. The normalized spacial score (nSPS) is 10.3. The monoisotopic (exact) mass is 291 g/mol. The van der Waals surface area contributed by atoms with Gasteiger partial charge in [-0.1, -0.05) is 24.3 Å². The molecular formula is C15H14ClNO3. The lowest BCUT2D eigenvalue weighted by Gasteiger charge is -2.12. The highest BCUT2D eigenvalue weighted by Crippen LogP contribution is 2.31. The molecule has 0 saturated heterocycles. The number of carbonyl (C=O) groups is 1. The molecular weight excluding hydrogens is 278 g/mol. The van der Waals surface area contributed by atoms with Gasteiger partial charge in [-0.25, -0.2) is 4.79 Å². The minimum absolute atomic E-state index is 0.276. The standard InChI is InChI=1S/C15H14ClNO3/c1-3-7-20-14-11-8-10(16)5-6-13(11)17-9-12(14)15(18)19-4-2/h3,5-6,8-9H,1,4,7H2,2H3. The van der Waals surface area contributed by atoms with E-state index in [0.717, 1.165) is 0 Å². The van der Waals surface area contributed by atoms with Crippen LogP contribution in [0.15, 0.2) is 37.1 Å². The van der Waals surface area contributed by atoms with E-state index in [-0.39, 0.29) is 18.8 Å². The number of esters is 1. The molecule has 20 heavy (non-hydrogen) atoms. The molecule has 0 spiro atoms. The number of pyridine rings is 1.